The number of hydrogen-bond donors (Lipinski definition) is 2. The lowest BCUT2D eigenvalue weighted by Crippen LogP contribution is -2.17. The van der Waals surface area contributed by atoms with Gasteiger partial charge in [-0.15, -0.1) is 0 Å². The van der Waals surface area contributed by atoms with Crippen LogP contribution in [0.2, 0.25) is 0 Å². The molecule has 0 aliphatic heterocycles. The molecular weight excluding hydrogens is 276 g/mol. The van der Waals surface area contributed by atoms with E-state index in [4.69, 9.17) is 5.73 Å². The molecule has 0 spiro atoms. The number of sulfonamides is 1. The maximum absolute atomic E-state index is 12.1. The van der Waals surface area contributed by atoms with Gasteiger partial charge in [-0.05, 0) is 18.1 Å². The molecule has 1 aromatic carbocycles. The van der Waals surface area contributed by atoms with Crippen LogP contribution in [-0.4, -0.2) is 18.2 Å². The van der Waals surface area contributed by atoms with Crippen LogP contribution < -0.4 is 10.5 Å². The second-order valence-corrected chi connectivity index (χ2v) is 6.40. The summed E-state index contributed by atoms with van der Waals surface area (Å²) in [6, 6.07) is 8.93. The van der Waals surface area contributed by atoms with Crippen LogP contribution in [0, 0.1) is 6.92 Å². The summed E-state index contributed by atoms with van der Waals surface area (Å²) in [4.78, 5) is 0. The Balaban J connectivity index is 2.16. The first-order valence-electron chi connectivity index (χ1n) is 6.18. The van der Waals surface area contributed by atoms with Gasteiger partial charge in [0.1, 0.15) is 5.82 Å². The van der Waals surface area contributed by atoms with E-state index in [9.17, 15) is 8.42 Å². The molecule has 6 nitrogen and oxygen atoms in total. The molecule has 0 saturated carbocycles. The van der Waals surface area contributed by atoms with E-state index < -0.39 is 10.0 Å². The molecule has 1 aromatic heterocycles. The average molecular weight is 294 g/mol. The Hall–Kier alpha value is -1.86. The molecule has 0 bridgehead atoms. The van der Waals surface area contributed by atoms with Crippen LogP contribution in [0.4, 0.5) is 5.82 Å². The van der Waals surface area contributed by atoms with Crippen LogP contribution in [0.3, 0.4) is 0 Å². The van der Waals surface area contributed by atoms with Gasteiger partial charge in [-0.3, -0.25) is 9.40 Å². The fourth-order valence-electron chi connectivity index (χ4n) is 1.97. The van der Waals surface area contributed by atoms with Gasteiger partial charge < -0.3 is 5.73 Å². The van der Waals surface area contributed by atoms with Crippen LogP contribution in [0.25, 0.3) is 0 Å². The third kappa shape index (κ3) is 3.58. The molecular formula is C13H18N4O2S. The fourth-order valence-corrected chi connectivity index (χ4v) is 3.17. The third-order valence-electron chi connectivity index (χ3n) is 2.85. The number of rotatable bonds is 5. The number of aryl methyl sites for hydroxylation is 2. The molecule has 0 unspecified atom stereocenters. The maximum Gasteiger partial charge on any atom is 0.238 e. The summed E-state index contributed by atoms with van der Waals surface area (Å²) in [5.41, 5.74) is 7.93. The van der Waals surface area contributed by atoms with Gasteiger partial charge in [-0.1, -0.05) is 24.3 Å². The van der Waals surface area contributed by atoms with E-state index >= 15 is 0 Å². The number of hydrogen-bond acceptors (Lipinski definition) is 4. The molecule has 1 heterocycles. The monoisotopic (exact) mass is 294 g/mol. The van der Waals surface area contributed by atoms with Crippen LogP contribution in [0.15, 0.2) is 30.3 Å². The minimum Gasteiger partial charge on any atom is -0.326 e. The number of nitrogens with two attached hydrogens (primary N) is 1. The zero-order chi connectivity index (χ0) is 14.8. The van der Waals surface area contributed by atoms with Crippen LogP contribution in [-0.2, 0) is 29.4 Å². The van der Waals surface area contributed by atoms with E-state index in [1.54, 1.807) is 31.3 Å². The SMILES string of the molecule is Cc1cc(NS(=O)(=O)Cc2cccc(CN)c2)n(C)n1. The van der Waals surface area contributed by atoms with Crippen molar-refractivity contribution in [2.24, 2.45) is 12.8 Å². The summed E-state index contributed by atoms with van der Waals surface area (Å²) >= 11 is 0. The van der Waals surface area contributed by atoms with Gasteiger partial charge >= 0.3 is 0 Å². The number of anilines is 1. The zero-order valence-corrected chi connectivity index (χ0v) is 12.3. The summed E-state index contributed by atoms with van der Waals surface area (Å²) < 4.78 is 28.3. The molecule has 0 atom stereocenters. The molecule has 3 N–H and O–H groups in total. The predicted molar refractivity (Wildman–Crippen MR) is 78.5 cm³/mol. The Bertz CT molecular complexity index is 707. The van der Waals surface area contributed by atoms with Gasteiger partial charge in [0.05, 0.1) is 11.4 Å². The topological polar surface area (TPSA) is 90.0 Å². The number of benzene rings is 1. The van der Waals surface area contributed by atoms with Crippen molar-refractivity contribution in [1.82, 2.24) is 9.78 Å². The lowest BCUT2D eigenvalue weighted by molar-refractivity contribution is 0.599. The van der Waals surface area contributed by atoms with E-state index in [-0.39, 0.29) is 5.75 Å². The van der Waals surface area contributed by atoms with E-state index in [0.717, 1.165) is 11.3 Å². The summed E-state index contributed by atoms with van der Waals surface area (Å²) in [7, 11) is -1.78. The highest BCUT2D eigenvalue weighted by Crippen LogP contribution is 2.14. The summed E-state index contributed by atoms with van der Waals surface area (Å²) in [5, 5.41) is 4.10. The van der Waals surface area contributed by atoms with Crippen LogP contribution >= 0.6 is 0 Å². The van der Waals surface area contributed by atoms with E-state index in [2.05, 4.69) is 9.82 Å². The zero-order valence-electron chi connectivity index (χ0n) is 11.5. The number of nitrogens with one attached hydrogen (secondary N) is 1. The molecule has 2 rings (SSSR count). The Labute approximate surface area is 118 Å². The molecule has 0 radical (unpaired) electrons. The second kappa shape index (κ2) is 5.64. The average Bonchev–Trinajstić information content (AvgIpc) is 2.66. The molecule has 0 aliphatic carbocycles. The molecule has 2 aromatic rings. The molecule has 108 valence electrons. The first-order chi connectivity index (χ1) is 9.39. The predicted octanol–water partition coefficient (Wildman–Crippen LogP) is 1.13. The largest absolute Gasteiger partial charge is 0.326 e. The van der Waals surface area contributed by atoms with Crippen molar-refractivity contribution in [3.05, 3.63) is 47.2 Å². The van der Waals surface area contributed by atoms with E-state index in [0.29, 0.717) is 17.9 Å². The van der Waals surface area contributed by atoms with E-state index in [1.165, 1.54) is 4.68 Å². The second-order valence-electron chi connectivity index (χ2n) is 4.68. The first-order valence-corrected chi connectivity index (χ1v) is 7.84. The van der Waals surface area contributed by atoms with Crippen LogP contribution in [0.5, 0.6) is 0 Å². The smallest absolute Gasteiger partial charge is 0.238 e. The van der Waals surface area contributed by atoms with Gasteiger partial charge in [-0.2, -0.15) is 5.10 Å². The fraction of sp³-hybridized carbons (Fsp3) is 0.308. The normalized spacial score (nSPS) is 11.6. The highest BCUT2D eigenvalue weighted by molar-refractivity contribution is 7.91. The summed E-state index contributed by atoms with van der Waals surface area (Å²) in [6.45, 7) is 2.20. The van der Waals surface area contributed by atoms with E-state index in [1.807, 2.05) is 13.0 Å². The first kappa shape index (κ1) is 14.5. The summed E-state index contributed by atoms with van der Waals surface area (Å²) in [5.74, 6) is 0.364. The van der Waals surface area contributed by atoms with Crippen molar-refractivity contribution in [3.63, 3.8) is 0 Å². The maximum atomic E-state index is 12.1. The number of aromatic nitrogens is 2. The third-order valence-corrected chi connectivity index (χ3v) is 4.08. The number of nitrogens with zero attached hydrogens (tertiary/aromatic N) is 2. The molecule has 0 fully saturated rings. The van der Waals surface area contributed by atoms with Crippen molar-refractivity contribution in [2.45, 2.75) is 19.2 Å². The quantitative estimate of drug-likeness (QED) is 0.865. The highest BCUT2D eigenvalue weighted by atomic mass is 32.2. The Morgan fingerprint density at radius 3 is 2.60 bits per heavy atom. The van der Waals surface area contributed by atoms with Gasteiger partial charge in [0.15, 0.2) is 0 Å². The Morgan fingerprint density at radius 2 is 2.00 bits per heavy atom. The lowest BCUT2D eigenvalue weighted by Gasteiger charge is -2.08. The van der Waals surface area contributed by atoms with Crippen molar-refractivity contribution in [3.8, 4) is 0 Å². The van der Waals surface area contributed by atoms with Gasteiger partial charge in [0.25, 0.3) is 0 Å². The minimum atomic E-state index is -3.47. The Morgan fingerprint density at radius 1 is 1.30 bits per heavy atom. The summed E-state index contributed by atoms with van der Waals surface area (Å²) in [6.07, 6.45) is 0. The van der Waals surface area contributed by atoms with Gasteiger partial charge in [0.2, 0.25) is 10.0 Å². The molecule has 20 heavy (non-hydrogen) atoms. The molecule has 0 aliphatic rings. The minimum absolute atomic E-state index is 0.0922. The molecule has 0 saturated heterocycles. The van der Waals surface area contributed by atoms with Crippen molar-refractivity contribution < 1.29 is 8.42 Å². The molecule has 0 amide bonds. The Kier molecular flexibility index (Phi) is 4.10. The van der Waals surface area contributed by atoms with Crippen molar-refractivity contribution >= 4 is 15.8 Å². The standard InChI is InChI=1S/C13H18N4O2S/c1-10-6-13(17(2)15-10)16-20(18,19)9-12-5-3-4-11(7-12)8-14/h3-7,16H,8-9,14H2,1-2H3. The molecule has 7 heteroatoms. The lowest BCUT2D eigenvalue weighted by atomic mass is 10.1. The van der Waals surface area contributed by atoms with Gasteiger partial charge in [-0.25, -0.2) is 8.42 Å². The van der Waals surface area contributed by atoms with Crippen LogP contribution in [0.1, 0.15) is 16.8 Å². The van der Waals surface area contributed by atoms with Gasteiger partial charge in [0, 0.05) is 19.7 Å². The van der Waals surface area contributed by atoms with Crippen molar-refractivity contribution in [1.29, 1.82) is 0 Å². The highest BCUT2D eigenvalue weighted by Gasteiger charge is 2.14. The van der Waals surface area contributed by atoms with Crippen molar-refractivity contribution in [2.75, 3.05) is 4.72 Å².